The number of nitrogens with one attached hydrogen (secondary N) is 1. The summed E-state index contributed by atoms with van der Waals surface area (Å²) in [5.74, 6) is -0.0246. The van der Waals surface area contributed by atoms with Crippen molar-refractivity contribution < 1.29 is 4.79 Å². The SMILES string of the molecule is CC(=O)NCc1cc(C2CCCN2Cc2cccn2C)ccn1. The molecule has 0 aliphatic carbocycles. The van der Waals surface area contributed by atoms with E-state index in [-0.39, 0.29) is 5.91 Å². The maximum Gasteiger partial charge on any atom is 0.217 e. The second-order valence-electron chi connectivity index (χ2n) is 6.23. The van der Waals surface area contributed by atoms with Gasteiger partial charge in [0.25, 0.3) is 0 Å². The Labute approximate surface area is 137 Å². The van der Waals surface area contributed by atoms with Crippen molar-refractivity contribution in [1.29, 1.82) is 0 Å². The Balaban J connectivity index is 1.73. The molecule has 1 atom stereocenters. The number of hydrogen-bond donors (Lipinski definition) is 1. The van der Waals surface area contributed by atoms with Gasteiger partial charge in [-0.05, 0) is 49.2 Å². The van der Waals surface area contributed by atoms with Crippen molar-refractivity contribution in [2.24, 2.45) is 7.05 Å². The smallest absolute Gasteiger partial charge is 0.217 e. The molecule has 1 saturated heterocycles. The van der Waals surface area contributed by atoms with Crippen LogP contribution in [0, 0.1) is 0 Å². The van der Waals surface area contributed by atoms with Crippen molar-refractivity contribution >= 4 is 5.91 Å². The normalized spacial score (nSPS) is 18.3. The number of rotatable bonds is 5. The first-order chi connectivity index (χ1) is 11.1. The lowest BCUT2D eigenvalue weighted by atomic mass is 10.0. The van der Waals surface area contributed by atoms with Crippen molar-refractivity contribution in [3.63, 3.8) is 0 Å². The highest BCUT2D eigenvalue weighted by Crippen LogP contribution is 2.33. The van der Waals surface area contributed by atoms with Gasteiger partial charge in [-0.15, -0.1) is 0 Å². The number of carbonyl (C=O) groups excluding carboxylic acids is 1. The number of hydrogen-bond acceptors (Lipinski definition) is 3. The molecule has 1 aliphatic heterocycles. The fourth-order valence-electron chi connectivity index (χ4n) is 3.28. The molecular formula is C18H24N4O. The lowest BCUT2D eigenvalue weighted by Crippen LogP contribution is -2.24. The van der Waals surface area contributed by atoms with Gasteiger partial charge >= 0.3 is 0 Å². The van der Waals surface area contributed by atoms with Crippen LogP contribution >= 0.6 is 0 Å². The zero-order chi connectivity index (χ0) is 16.2. The largest absolute Gasteiger partial charge is 0.353 e. The van der Waals surface area contributed by atoms with E-state index in [2.05, 4.69) is 57.3 Å². The van der Waals surface area contributed by atoms with E-state index in [1.54, 1.807) is 0 Å². The molecule has 122 valence electrons. The Morgan fingerprint density at radius 3 is 3.04 bits per heavy atom. The molecule has 2 aromatic heterocycles. The van der Waals surface area contributed by atoms with Crippen molar-refractivity contribution in [2.75, 3.05) is 6.54 Å². The van der Waals surface area contributed by atoms with Gasteiger partial charge < -0.3 is 9.88 Å². The van der Waals surface area contributed by atoms with Crippen LogP contribution in [-0.4, -0.2) is 26.9 Å². The second kappa shape index (κ2) is 6.96. The summed E-state index contributed by atoms with van der Waals surface area (Å²) < 4.78 is 2.18. The number of nitrogens with zero attached hydrogens (tertiary/aromatic N) is 3. The molecule has 2 aromatic rings. The molecule has 3 heterocycles. The Kier molecular flexibility index (Phi) is 4.76. The predicted molar refractivity (Wildman–Crippen MR) is 89.6 cm³/mol. The quantitative estimate of drug-likeness (QED) is 0.922. The average Bonchev–Trinajstić information content (AvgIpc) is 3.16. The van der Waals surface area contributed by atoms with E-state index in [4.69, 9.17) is 0 Å². The Bertz CT molecular complexity index is 679. The summed E-state index contributed by atoms with van der Waals surface area (Å²) in [6.45, 7) is 4.12. The van der Waals surface area contributed by atoms with Crippen LogP contribution in [0.5, 0.6) is 0 Å². The number of carbonyl (C=O) groups is 1. The van der Waals surface area contributed by atoms with Gasteiger partial charge in [-0.3, -0.25) is 14.7 Å². The molecule has 1 fully saturated rings. The molecule has 0 aromatic carbocycles. The van der Waals surface area contributed by atoms with Crippen LogP contribution in [0.15, 0.2) is 36.7 Å². The summed E-state index contributed by atoms with van der Waals surface area (Å²) in [7, 11) is 2.10. The average molecular weight is 312 g/mol. The Morgan fingerprint density at radius 1 is 1.43 bits per heavy atom. The molecule has 0 spiro atoms. The van der Waals surface area contributed by atoms with E-state index in [0.29, 0.717) is 12.6 Å². The van der Waals surface area contributed by atoms with Gasteiger partial charge in [0.2, 0.25) is 5.91 Å². The third-order valence-electron chi connectivity index (χ3n) is 4.52. The topological polar surface area (TPSA) is 50.2 Å². The fraction of sp³-hybridized carbons (Fsp3) is 0.444. The Hall–Kier alpha value is -2.14. The highest BCUT2D eigenvalue weighted by Gasteiger charge is 2.26. The van der Waals surface area contributed by atoms with Crippen molar-refractivity contribution in [3.8, 4) is 0 Å². The molecular weight excluding hydrogens is 288 g/mol. The number of aromatic nitrogens is 2. The van der Waals surface area contributed by atoms with Crippen LogP contribution in [0.3, 0.4) is 0 Å². The van der Waals surface area contributed by atoms with E-state index in [9.17, 15) is 4.79 Å². The van der Waals surface area contributed by atoms with E-state index < -0.39 is 0 Å². The van der Waals surface area contributed by atoms with Crippen molar-refractivity contribution in [3.05, 3.63) is 53.6 Å². The first-order valence-corrected chi connectivity index (χ1v) is 8.17. The van der Waals surface area contributed by atoms with Gasteiger partial charge in [-0.25, -0.2) is 0 Å². The molecule has 5 nitrogen and oxygen atoms in total. The zero-order valence-corrected chi connectivity index (χ0v) is 13.8. The molecule has 3 rings (SSSR count). The summed E-state index contributed by atoms with van der Waals surface area (Å²) in [5, 5.41) is 2.82. The molecule has 0 bridgehead atoms. The lowest BCUT2D eigenvalue weighted by molar-refractivity contribution is -0.119. The number of pyridine rings is 1. The summed E-state index contributed by atoms with van der Waals surface area (Å²) in [5.41, 5.74) is 3.56. The monoisotopic (exact) mass is 312 g/mol. The van der Waals surface area contributed by atoms with Gasteiger partial charge in [0.15, 0.2) is 0 Å². The molecule has 23 heavy (non-hydrogen) atoms. The standard InChI is InChI=1S/C18H24N4O/c1-14(23)20-12-16-11-15(7-8-19-16)18-6-4-10-22(18)13-17-5-3-9-21(17)2/h3,5,7-9,11,18H,4,6,10,12-13H2,1-2H3,(H,20,23). The predicted octanol–water partition coefficient (Wildman–Crippen LogP) is 2.39. The molecule has 0 radical (unpaired) electrons. The summed E-state index contributed by atoms with van der Waals surface area (Å²) in [6.07, 6.45) is 6.34. The van der Waals surface area contributed by atoms with Crippen LogP contribution in [0.25, 0.3) is 0 Å². The minimum Gasteiger partial charge on any atom is -0.353 e. The zero-order valence-electron chi connectivity index (χ0n) is 13.8. The molecule has 0 saturated carbocycles. The summed E-state index contributed by atoms with van der Waals surface area (Å²) in [4.78, 5) is 18.0. The third-order valence-corrected chi connectivity index (χ3v) is 4.52. The lowest BCUT2D eigenvalue weighted by Gasteiger charge is -2.25. The van der Waals surface area contributed by atoms with Crippen LogP contribution in [0.2, 0.25) is 0 Å². The molecule has 1 aliphatic rings. The van der Waals surface area contributed by atoms with Gasteiger partial charge in [0.05, 0.1) is 12.2 Å². The van der Waals surface area contributed by atoms with Gasteiger partial charge in [-0.2, -0.15) is 0 Å². The Morgan fingerprint density at radius 2 is 2.30 bits per heavy atom. The second-order valence-corrected chi connectivity index (χ2v) is 6.23. The van der Waals surface area contributed by atoms with Gasteiger partial charge in [0.1, 0.15) is 0 Å². The van der Waals surface area contributed by atoms with Crippen LogP contribution in [0.4, 0.5) is 0 Å². The number of amides is 1. The number of aryl methyl sites for hydroxylation is 1. The summed E-state index contributed by atoms with van der Waals surface area (Å²) >= 11 is 0. The van der Waals surface area contributed by atoms with E-state index in [0.717, 1.165) is 18.8 Å². The van der Waals surface area contributed by atoms with Gasteiger partial charge in [0, 0.05) is 44.6 Å². The summed E-state index contributed by atoms with van der Waals surface area (Å²) in [6, 6.07) is 8.95. The van der Waals surface area contributed by atoms with Crippen LogP contribution in [0.1, 0.15) is 42.8 Å². The number of likely N-dealkylation sites (tertiary alicyclic amines) is 1. The fourth-order valence-corrected chi connectivity index (χ4v) is 3.28. The maximum absolute atomic E-state index is 11.1. The maximum atomic E-state index is 11.1. The van der Waals surface area contributed by atoms with Crippen molar-refractivity contribution in [1.82, 2.24) is 19.8 Å². The molecule has 1 amide bonds. The van der Waals surface area contributed by atoms with E-state index in [1.165, 1.54) is 31.0 Å². The minimum absolute atomic E-state index is 0.0246. The van der Waals surface area contributed by atoms with Crippen molar-refractivity contribution in [2.45, 2.75) is 38.9 Å². The molecule has 1 N–H and O–H groups in total. The first-order valence-electron chi connectivity index (χ1n) is 8.17. The highest BCUT2D eigenvalue weighted by molar-refractivity contribution is 5.72. The highest BCUT2D eigenvalue weighted by atomic mass is 16.1. The van der Waals surface area contributed by atoms with E-state index >= 15 is 0 Å². The van der Waals surface area contributed by atoms with Crippen LogP contribution in [-0.2, 0) is 24.9 Å². The molecule has 1 unspecified atom stereocenters. The molecule has 5 heteroatoms. The first kappa shape index (κ1) is 15.7. The van der Waals surface area contributed by atoms with E-state index in [1.807, 2.05) is 6.20 Å². The third kappa shape index (κ3) is 3.79. The minimum atomic E-state index is -0.0246. The van der Waals surface area contributed by atoms with Crippen LogP contribution < -0.4 is 5.32 Å². The van der Waals surface area contributed by atoms with Gasteiger partial charge in [-0.1, -0.05) is 0 Å².